The number of aromatic nitrogens is 2. The number of imidazole rings is 1. The van der Waals surface area contributed by atoms with Crippen LogP contribution in [0.5, 0.6) is 0 Å². The summed E-state index contributed by atoms with van der Waals surface area (Å²) in [6.45, 7) is 1.04. The molecule has 5 rings (SSSR count). The number of nitrogens with one attached hydrogen (secondary N) is 2. The van der Waals surface area contributed by atoms with E-state index in [0.29, 0.717) is 11.3 Å². The van der Waals surface area contributed by atoms with Crippen molar-refractivity contribution in [3.05, 3.63) is 66.1 Å². The van der Waals surface area contributed by atoms with Crippen LogP contribution in [0.3, 0.4) is 0 Å². The molecule has 170 valence electrons. The van der Waals surface area contributed by atoms with E-state index in [1.54, 1.807) is 18.2 Å². The van der Waals surface area contributed by atoms with Gasteiger partial charge in [-0.05, 0) is 56.0 Å². The topological polar surface area (TPSA) is 76.0 Å². The van der Waals surface area contributed by atoms with Gasteiger partial charge in [-0.1, -0.05) is 37.5 Å². The van der Waals surface area contributed by atoms with Crippen LogP contribution in [0.25, 0.3) is 11.3 Å². The quantitative estimate of drug-likeness (QED) is 0.535. The first-order valence-corrected chi connectivity index (χ1v) is 12.0. The van der Waals surface area contributed by atoms with Crippen LogP contribution in [0, 0.1) is 5.92 Å². The molecule has 1 saturated carbocycles. The molecule has 6 heteroatoms. The van der Waals surface area contributed by atoms with Gasteiger partial charge < -0.3 is 15.2 Å². The summed E-state index contributed by atoms with van der Waals surface area (Å²) in [5.41, 5.74) is 3.93. The molecular formula is C27H30N4O2. The number of rotatable bonds is 5. The molecule has 1 aliphatic carbocycles. The average Bonchev–Trinajstić information content (AvgIpc) is 3.29. The molecule has 0 unspecified atom stereocenters. The molecule has 2 aliphatic rings. The second-order valence-electron chi connectivity index (χ2n) is 9.13. The highest BCUT2D eigenvalue weighted by Gasteiger charge is 2.21. The minimum Gasteiger partial charge on any atom is -0.334 e. The zero-order valence-electron chi connectivity index (χ0n) is 18.8. The second-order valence-corrected chi connectivity index (χ2v) is 9.13. The Kier molecular flexibility index (Phi) is 6.24. The molecule has 2 aromatic carbocycles. The van der Waals surface area contributed by atoms with Crippen molar-refractivity contribution in [3.8, 4) is 11.3 Å². The number of aryl methyl sites for hydroxylation is 2. The molecule has 33 heavy (non-hydrogen) atoms. The number of nitrogens with zero attached hydrogens (tertiary/aromatic N) is 2. The Morgan fingerprint density at radius 2 is 1.70 bits per heavy atom. The summed E-state index contributed by atoms with van der Waals surface area (Å²) in [4.78, 5) is 30.1. The molecule has 3 aromatic rings. The summed E-state index contributed by atoms with van der Waals surface area (Å²) in [6, 6.07) is 14.9. The Balaban J connectivity index is 1.22. The second kappa shape index (κ2) is 9.61. The highest BCUT2D eigenvalue weighted by atomic mass is 16.2. The lowest BCUT2D eigenvalue weighted by atomic mass is 9.88. The molecule has 2 heterocycles. The number of benzene rings is 2. The minimum atomic E-state index is -0.200. The fourth-order valence-electron chi connectivity index (χ4n) is 4.83. The maximum absolute atomic E-state index is 12.8. The zero-order chi connectivity index (χ0) is 22.6. The largest absolute Gasteiger partial charge is 0.334 e. The summed E-state index contributed by atoms with van der Waals surface area (Å²) in [5, 5.41) is 5.94. The van der Waals surface area contributed by atoms with E-state index in [-0.39, 0.29) is 17.7 Å². The summed E-state index contributed by atoms with van der Waals surface area (Å²) in [7, 11) is 0. The predicted molar refractivity (Wildman–Crippen MR) is 130 cm³/mol. The first kappa shape index (κ1) is 21.4. The molecule has 2 amide bonds. The van der Waals surface area contributed by atoms with E-state index in [0.717, 1.165) is 61.4 Å². The fraction of sp³-hybridized carbons (Fsp3) is 0.370. The van der Waals surface area contributed by atoms with Gasteiger partial charge in [-0.25, -0.2) is 4.98 Å². The highest BCUT2D eigenvalue weighted by Crippen LogP contribution is 2.26. The van der Waals surface area contributed by atoms with Crippen molar-refractivity contribution >= 4 is 23.2 Å². The number of hydrogen-bond acceptors (Lipinski definition) is 3. The van der Waals surface area contributed by atoms with Gasteiger partial charge in [0.25, 0.3) is 5.91 Å². The SMILES string of the molecule is O=C(Nc1ccc(-c2cn3c(n2)CCCC3)cc1)c1cccc(NC(=O)C2CCCCC2)c1. The van der Waals surface area contributed by atoms with Crippen LogP contribution in [0.2, 0.25) is 0 Å². The number of fused-ring (bicyclic) bond motifs is 1. The van der Waals surface area contributed by atoms with Gasteiger partial charge in [0.1, 0.15) is 5.82 Å². The van der Waals surface area contributed by atoms with Gasteiger partial charge in [-0.3, -0.25) is 9.59 Å². The minimum absolute atomic E-state index is 0.0591. The van der Waals surface area contributed by atoms with Gasteiger partial charge in [0.05, 0.1) is 5.69 Å². The maximum atomic E-state index is 12.8. The molecule has 0 spiro atoms. The van der Waals surface area contributed by atoms with Gasteiger partial charge in [0, 0.05) is 47.6 Å². The lowest BCUT2D eigenvalue weighted by molar-refractivity contribution is -0.120. The van der Waals surface area contributed by atoms with E-state index in [9.17, 15) is 9.59 Å². The van der Waals surface area contributed by atoms with Crippen molar-refractivity contribution in [2.45, 2.75) is 57.9 Å². The number of amides is 2. The third kappa shape index (κ3) is 5.00. The Morgan fingerprint density at radius 3 is 2.48 bits per heavy atom. The number of hydrogen-bond donors (Lipinski definition) is 2. The van der Waals surface area contributed by atoms with Gasteiger partial charge in [0.2, 0.25) is 5.91 Å². The van der Waals surface area contributed by atoms with Crippen molar-refractivity contribution in [1.29, 1.82) is 0 Å². The fourth-order valence-corrected chi connectivity index (χ4v) is 4.83. The molecule has 1 aliphatic heterocycles. The van der Waals surface area contributed by atoms with Gasteiger partial charge >= 0.3 is 0 Å². The summed E-state index contributed by atoms with van der Waals surface area (Å²) in [5.74, 6) is 1.09. The summed E-state index contributed by atoms with van der Waals surface area (Å²) < 4.78 is 2.24. The third-order valence-electron chi connectivity index (χ3n) is 6.72. The first-order chi connectivity index (χ1) is 16.2. The van der Waals surface area contributed by atoms with E-state index in [1.165, 1.54) is 19.3 Å². The van der Waals surface area contributed by atoms with Crippen molar-refractivity contribution in [2.24, 2.45) is 5.92 Å². The summed E-state index contributed by atoms with van der Waals surface area (Å²) in [6.07, 6.45) is 10.9. The monoisotopic (exact) mass is 442 g/mol. The number of anilines is 2. The van der Waals surface area contributed by atoms with E-state index in [1.807, 2.05) is 30.3 Å². The van der Waals surface area contributed by atoms with Gasteiger partial charge in [0.15, 0.2) is 0 Å². The zero-order valence-corrected chi connectivity index (χ0v) is 18.8. The van der Waals surface area contributed by atoms with E-state index in [4.69, 9.17) is 4.98 Å². The van der Waals surface area contributed by atoms with Crippen molar-refractivity contribution in [1.82, 2.24) is 9.55 Å². The molecule has 2 N–H and O–H groups in total. The Labute approximate surface area is 194 Å². The van der Waals surface area contributed by atoms with Crippen molar-refractivity contribution < 1.29 is 9.59 Å². The molecule has 1 fully saturated rings. The van der Waals surface area contributed by atoms with Crippen LogP contribution >= 0.6 is 0 Å². The molecule has 1 aromatic heterocycles. The van der Waals surface area contributed by atoms with Crippen molar-refractivity contribution in [3.63, 3.8) is 0 Å². The molecule has 6 nitrogen and oxygen atoms in total. The Morgan fingerprint density at radius 1 is 0.879 bits per heavy atom. The van der Waals surface area contributed by atoms with Crippen LogP contribution in [0.15, 0.2) is 54.7 Å². The van der Waals surface area contributed by atoms with Crippen LogP contribution in [-0.2, 0) is 17.8 Å². The van der Waals surface area contributed by atoms with Gasteiger partial charge in [-0.15, -0.1) is 0 Å². The summed E-state index contributed by atoms with van der Waals surface area (Å²) >= 11 is 0. The maximum Gasteiger partial charge on any atom is 0.255 e. The highest BCUT2D eigenvalue weighted by molar-refractivity contribution is 6.05. The van der Waals surface area contributed by atoms with E-state index < -0.39 is 0 Å². The predicted octanol–water partition coefficient (Wildman–Crippen LogP) is 5.66. The normalized spacial score (nSPS) is 16.1. The third-order valence-corrected chi connectivity index (χ3v) is 6.72. The molecule has 0 atom stereocenters. The van der Waals surface area contributed by atoms with Crippen LogP contribution in [0.1, 0.15) is 61.1 Å². The van der Waals surface area contributed by atoms with E-state index in [2.05, 4.69) is 21.4 Å². The molecule has 0 radical (unpaired) electrons. The van der Waals surface area contributed by atoms with Crippen LogP contribution < -0.4 is 10.6 Å². The molecule has 0 bridgehead atoms. The van der Waals surface area contributed by atoms with Crippen molar-refractivity contribution in [2.75, 3.05) is 10.6 Å². The lowest BCUT2D eigenvalue weighted by Crippen LogP contribution is -2.24. The Hall–Kier alpha value is -3.41. The lowest BCUT2D eigenvalue weighted by Gasteiger charge is -2.20. The standard InChI is InChI=1S/C27H30N4O2/c32-26(20-7-2-1-3-8-20)29-23-10-6-9-21(17-23)27(33)28-22-14-12-19(13-15-22)24-18-31-16-5-4-11-25(31)30-24/h6,9-10,12-15,17-18,20H,1-5,7-8,11,16H2,(H,28,33)(H,29,32). The van der Waals surface area contributed by atoms with E-state index >= 15 is 0 Å². The number of carbonyl (C=O) groups excluding carboxylic acids is 2. The van der Waals surface area contributed by atoms with Crippen LogP contribution in [0.4, 0.5) is 11.4 Å². The Bertz CT molecular complexity index is 1120. The average molecular weight is 443 g/mol. The number of carbonyl (C=O) groups is 2. The smallest absolute Gasteiger partial charge is 0.255 e. The van der Waals surface area contributed by atoms with Gasteiger partial charge in [-0.2, -0.15) is 0 Å². The van der Waals surface area contributed by atoms with Crippen LogP contribution in [-0.4, -0.2) is 21.4 Å². The molecule has 0 saturated heterocycles. The molecular weight excluding hydrogens is 412 g/mol. The first-order valence-electron chi connectivity index (χ1n) is 12.0.